The molecule has 0 aliphatic rings. The molecule has 0 heterocycles. The van der Waals surface area contributed by atoms with Gasteiger partial charge >= 0.3 is 0 Å². The topological polar surface area (TPSA) is 157 Å². The molecule has 28 heavy (non-hydrogen) atoms. The maximum atomic E-state index is 12.2. The Labute approximate surface area is 159 Å². The molecule has 0 aliphatic carbocycles. The van der Waals surface area contributed by atoms with Crippen molar-refractivity contribution in [1.29, 1.82) is 0 Å². The second kappa shape index (κ2) is 10.0. The van der Waals surface area contributed by atoms with Crippen molar-refractivity contribution in [3.8, 4) is 16.9 Å². The van der Waals surface area contributed by atoms with Gasteiger partial charge in [0.15, 0.2) is 6.04 Å². The van der Waals surface area contributed by atoms with Crippen LogP contribution in [0.3, 0.4) is 0 Å². The van der Waals surface area contributed by atoms with E-state index in [9.17, 15) is 14.4 Å². The first kappa shape index (κ1) is 20.8. The lowest BCUT2D eigenvalue weighted by Gasteiger charge is -2.14. The van der Waals surface area contributed by atoms with Gasteiger partial charge in [-0.3, -0.25) is 24.8 Å². The molecule has 0 aliphatic heterocycles. The predicted octanol–water partition coefficient (Wildman–Crippen LogP) is -0.166. The summed E-state index contributed by atoms with van der Waals surface area (Å²) in [6.45, 7) is 0.124. The standard InChI is InChI=1S/C18H19N3O7/c22-9-10-28-14-7-5-12(6-8-14)11-1-3-13(4-2-11)16(23)19-15(17(24)20-26)18(25)21-27/h1-8,15,22,26-27H,9-10H2,(H,19,23)(H,20,24)(H,21,25). The zero-order valence-corrected chi connectivity index (χ0v) is 14.6. The van der Waals surface area contributed by atoms with Crippen LogP contribution in [-0.4, -0.2) is 52.5 Å². The molecular weight excluding hydrogens is 370 g/mol. The molecule has 10 heteroatoms. The Balaban J connectivity index is 2.09. The summed E-state index contributed by atoms with van der Waals surface area (Å²) in [6.07, 6.45) is 0. The molecule has 0 atom stereocenters. The Morgan fingerprint density at radius 2 is 1.36 bits per heavy atom. The minimum Gasteiger partial charge on any atom is -0.491 e. The SMILES string of the molecule is O=C(NC(C(=O)NO)C(=O)NO)c1ccc(-c2ccc(OCCO)cc2)cc1. The zero-order valence-electron chi connectivity index (χ0n) is 14.6. The van der Waals surface area contributed by atoms with Crippen LogP contribution in [0.1, 0.15) is 10.4 Å². The number of amides is 3. The van der Waals surface area contributed by atoms with Crippen molar-refractivity contribution in [3.05, 3.63) is 54.1 Å². The van der Waals surface area contributed by atoms with Gasteiger partial charge in [0.2, 0.25) is 0 Å². The van der Waals surface area contributed by atoms with Gasteiger partial charge in [0, 0.05) is 5.56 Å². The van der Waals surface area contributed by atoms with E-state index < -0.39 is 23.8 Å². The van der Waals surface area contributed by atoms with Crippen molar-refractivity contribution in [1.82, 2.24) is 16.3 Å². The third kappa shape index (κ3) is 5.27. The average Bonchev–Trinajstić information content (AvgIpc) is 2.75. The van der Waals surface area contributed by atoms with Crippen LogP contribution in [0.2, 0.25) is 0 Å². The van der Waals surface area contributed by atoms with Crippen molar-refractivity contribution >= 4 is 17.7 Å². The molecule has 0 bridgehead atoms. The predicted molar refractivity (Wildman–Crippen MR) is 95.6 cm³/mol. The van der Waals surface area contributed by atoms with E-state index in [-0.39, 0.29) is 18.8 Å². The molecule has 148 valence electrons. The highest BCUT2D eigenvalue weighted by Crippen LogP contribution is 2.23. The lowest BCUT2D eigenvalue weighted by molar-refractivity contribution is -0.141. The fourth-order valence-corrected chi connectivity index (χ4v) is 2.31. The molecule has 2 aromatic rings. The second-order valence-corrected chi connectivity index (χ2v) is 5.53. The first-order chi connectivity index (χ1) is 13.5. The van der Waals surface area contributed by atoms with Crippen LogP contribution in [0.5, 0.6) is 5.75 Å². The number of carbonyl (C=O) groups is 3. The molecule has 0 saturated carbocycles. The van der Waals surface area contributed by atoms with Gasteiger partial charge in [-0.05, 0) is 35.4 Å². The smallest absolute Gasteiger partial charge is 0.275 e. The van der Waals surface area contributed by atoms with Crippen LogP contribution in [0.4, 0.5) is 0 Å². The summed E-state index contributed by atoms with van der Waals surface area (Å²) in [5.74, 6) is -2.55. The van der Waals surface area contributed by atoms with Gasteiger partial charge in [0.05, 0.1) is 6.61 Å². The Bertz CT molecular complexity index is 806. The number of hydroxylamine groups is 2. The highest BCUT2D eigenvalue weighted by Gasteiger charge is 2.28. The van der Waals surface area contributed by atoms with E-state index in [1.807, 2.05) is 12.1 Å². The average molecular weight is 389 g/mol. The normalized spacial score (nSPS) is 10.3. The highest BCUT2D eigenvalue weighted by atomic mass is 16.5. The van der Waals surface area contributed by atoms with Gasteiger partial charge in [-0.25, -0.2) is 11.0 Å². The fraction of sp³-hybridized carbons (Fsp3) is 0.167. The maximum Gasteiger partial charge on any atom is 0.275 e. The van der Waals surface area contributed by atoms with Crippen LogP contribution < -0.4 is 21.0 Å². The summed E-state index contributed by atoms with van der Waals surface area (Å²) in [4.78, 5) is 35.1. The number of hydrogen-bond acceptors (Lipinski definition) is 7. The van der Waals surface area contributed by atoms with Crippen LogP contribution in [0.15, 0.2) is 48.5 Å². The monoisotopic (exact) mass is 389 g/mol. The Morgan fingerprint density at radius 3 is 1.82 bits per heavy atom. The van der Waals surface area contributed by atoms with E-state index in [1.165, 1.54) is 23.1 Å². The number of hydrogen-bond donors (Lipinski definition) is 6. The van der Waals surface area contributed by atoms with E-state index in [1.54, 1.807) is 24.3 Å². The van der Waals surface area contributed by atoms with Crippen molar-refractivity contribution in [2.24, 2.45) is 0 Å². The first-order valence-corrected chi connectivity index (χ1v) is 8.13. The van der Waals surface area contributed by atoms with Gasteiger partial charge in [-0.15, -0.1) is 0 Å². The summed E-state index contributed by atoms with van der Waals surface area (Å²) < 4.78 is 5.29. The number of rotatable bonds is 8. The molecular formula is C18H19N3O7. The number of aliphatic hydroxyl groups excluding tert-OH is 1. The van der Waals surface area contributed by atoms with Crippen LogP contribution in [0, 0.1) is 0 Å². The molecule has 0 spiro atoms. The Kier molecular flexibility index (Phi) is 7.45. The quantitative estimate of drug-likeness (QED) is 0.208. The minimum absolute atomic E-state index is 0.0773. The first-order valence-electron chi connectivity index (χ1n) is 8.13. The summed E-state index contributed by atoms with van der Waals surface area (Å²) in [7, 11) is 0. The molecule has 3 amide bonds. The molecule has 6 N–H and O–H groups in total. The van der Waals surface area contributed by atoms with Crippen LogP contribution in [0.25, 0.3) is 11.1 Å². The van der Waals surface area contributed by atoms with Gasteiger partial charge in [-0.2, -0.15) is 0 Å². The largest absolute Gasteiger partial charge is 0.491 e. The van der Waals surface area contributed by atoms with E-state index >= 15 is 0 Å². The van der Waals surface area contributed by atoms with E-state index in [0.29, 0.717) is 5.75 Å². The second-order valence-electron chi connectivity index (χ2n) is 5.53. The zero-order chi connectivity index (χ0) is 20.5. The third-order valence-electron chi connectivity index (χ3n) is 3.71. The van der Waals surface area contributed by atoms with Crippen molar-refractivity contribution in [3.63, 3.8) is 0 Å². The molecule has 0 fully saturated rings. The Hall–Kier alpha value is -3.47. The summed E-state index contributed by atoms with van der Waals surface area (Å²) >= 11 is 0. The van der Waals surface area contributed by atoms with Crippen LogP contribution in [-0.2, 0) is 9.59 Å². The Morgan fingerprint density at radius 1 is 0.857 bits per heavy atom. The van der Waals surface area contributed by atoms with E-state index in [4.69, 9.17) is 20.3 Å². The van der Waals surface area contributed by atoms with Crippen molar-refractivity contribution < 1.29 is 34.6 Å². The highest BCUT2D eigenvalue weighted by molar-refractivity contribution is 6.08. The van der Waals surface area contributed by atoms with Crippen molar-refractivity contribution in [2.45, 2.75) is 6.04 Å². The molecule has 0 unspecified atom stereocenters. The summed E-state index contributed by atoms with van der Waals surface area (Å²) in [5, 5.41) is 28.1. The van der Waals surface area contributed by atoms with Gasteiger partial charge < -0.3 is 15.2 Å². The lowest BCUT2D eigenvalue weighted by atomic mass is 10.0. The number of benzene rings is 2. The molecule has 0 aromatic heterocycles. The molecule has 2 rings (SSSR count). The van der Waals surface area contributed by atoms with Gasteiger partial charge in [0.25, 0.3) is 17.7 Å². The van der Waals surface area contributed by atoms with E-state index in [2.05, 4.69) is 5.32 Å². The van der Waals surface area contributed by atoms with Gasteiger partial charge in [-0.1, -0.05) is 24.3 Å². The number of nitrogens with one attached hydrogen (secondary N) is 3. The fourth-order valence-electron chi connectivity index (χ4n) is 2.31. The minimum atomic E-state index is -1.81. The summed E-state index contributed by atoms with van der Waals surface area (Å²) in [6, 6.07) is 11.6. The summed E-state index contributed by atoms with van der Waals surface area (Å²) in [5.41, 5.74) is 4.30. The van der Waals surface area contributed by atoms with E-state index in [0.717, 1.165) is 11.1 Å². The molecule has 0 radical (unpaired) electrons. The maximum absolute atomic E-state index is 12.2. The van der Waals surface area contributed by atoms with Gasteiger partial charge in [0.1, 0.15) is 12.4 Å². The third-order valence-corrected chi connectivity index (χ3v) is 3.71. The van der Waals surface area contributed by atoms with Crippen LogP contribution >= 0.6 is 0 Å². The van der Waals surface area contributed by atoms with Crippen molar-refractivity contribution in [2.75, 3.05) is 13.2 Å². The molecule has 0 saturated heterocycles. The molecule has 10 nitrogen and oxygen atoms in total. The molecule has 2 aromatic carbocycles. The lowest BCUT2D eigenvalue weighted by Crippen LogP contribution is -2.54. The number of aliphatic hydroxyl groups is 1. The number of ether oxygens (including phenoxy) is 1. The number of carbonyl (C=O) groups excluding carboxylic acids is 3.